The molecule has 0 aliphatic heterocycles. The highest BCUT2D eigenvalue weighted by molar-refractivity contribution is 7.99. The van der Waals surface area contributed by atoms with E-state index < -0.39 is 9.52 Å². The van der Waals surface area contributed by atoms with Gasteiger partial charge in [-0.05, 0) is 91.0 Å². The maximum Gasteiger partial charge on any atom is 0.323 e. The first-order valence-electron chi connectivity index (χ1n) is 12.8. The Morgan fingerprint density at radius 2 is 2.00 bits per heavy atom. The van der Waals surface area contributed by atoms with Gasteiger partial charge in [-0.25, -0.2) is 4.98 Å². The van der Waals surface area contributed by atoms with Gasteiger partial charge in [0.1, 0.15) is 12.1 Å². The molecule has 0 spiro atoms. The van der Waals surface area contributed by atoms with Crippen molar-refractivity contribution in [1.82, 2.24) is 10.3 Å². The first-order chi connectivity index (χ1) is 17.4. The Balaban J connectivity index is 1.52. The van der Waals surface area contributed by atoms with Gasteiger partial charge in [-0.3, -0.25) is 13.8 Å². The number of hydrogen-bond donors (Lipinski definition) is 2. The molecule has 2 N–H and O–H groups in total. The second-order valence-corrected chi connectivity index (χ2v) is 14.1. The molecule has 2 atom stereocenters. The van der Waals surface area contributed by atoms with Crippen molar-refractivity contribution < 1.29 is 18.5 Å². The number of thiazole rings is 1. The van der Waals surface area contributed by atoms with Crippen LogP contribution in [0.2, 0.25) is 5.02 Å². The Kier molecular flexibility index (Phi) is 10.6. The van der Waals surface area contributed by atoms with E-state index in [-0.39, 0.29) is 24.0 Å². The summed E-state index contributed by atoms with van der Waals surface area (Å²) >= 11 is 7.58. The predicted octanol–water partition coefficient (Wildman–Crippen LogP) is 5.69. The summed E-state index contributed by atoms with van der Waals surface area (Å²) in [6.07, 6.45) is 7.33. The number of ether oxygens (including phenoxy) is 1. The zero-order valence-electron chi connectivity index (χ0n) is 22.1. The topological polar surface area (TPSA) is 97.4 Å². The van der Waals surface area contributed by atoms with Gasteiger partial charge >= 0.3 is 5.97 Å². The van der Waals surface area contributed by atoms with Gasteiger partial charge in [0.05, 0.1) is 15.6 Å². The number of carbonyl (C=O) groups excluding carboxylic acids is 2. The van der Waals surface area contributed by atoms with E-state index in [9.17, 15) is 13.8 Å². The van der Waals surface area contributed by atoms with Crippen LogP contribution in [-0.2, 0) is 23.8 Å². The van der Waals surface area contributed by atoms with E-state index in [1.54, 1.807) is 18.4 Å². The molecule has 1 aliphatic carbocycles. The lowest BCUT2D eigenvalue weighted by atomic mass is 10.0. The quantitative estimate of drug-likeness (QED) is 0.194. The van der Waals surface area contributed by atoms with Crippen LogP contribution in [0.4, 0.5) is 5.13 Å². The highest BCUT2D eigenvalue weighted by Gasteiger charge is 2.26. The Labute approximate surface area is 229 Å². The van der Waals surface area contributed by atoms with Gasteiger partial charge in [-0.1, -0.05) is 42.9 Å². The lowest BCUT2D eigenvalue weighted by Gasteiger charge is -2.21. The van der Waals surface area contributed by atoms with Crippen LogP contribution in [0.1, 0.15) is 64.5 Å². The van der Waals surface area contributed by atoms with Gasteiger partial charge in [0.25, 0.3) is 0 Å². The van der Waals surface area contributed by atoms with Crippen LogP contribution >= 0.6 is 22.9 Å². The van der Waals surface area contributed by atoms with Crippen LogP contribution in [0.15, 0.2) is 23.1 Å². The molecule has 0 saturated heterocycles. The Morgan fingerprint density at radius 1 is 1.30 bits per heavy atom. The largest absolute Gasteiger partial charge is 0.461 e. The molecule has 0 radical (unpaired) electrons. The number of esters is 1. The van der Waals surface area contributed by atoms with E-state index in [1.807, 2.05) is 13.0 Å². The Morgan fingerprint density at radius 3 is 2.65 bits per heavy atom. The molecule has 1 aromatic carbocycles. The van der Waals surface area contributed by atoms with Crippen molar-refractivity contribution in [3.05, 3.63) is 28.9 Å². The molecule has 7 nitrogen and oxygen atoms in total. The van der Waals surface area contributed by atoms with Crippen molar-refractivity contribution in [2.24, 2.45) is 5.92 Å². The summed E-state index contributed by atoms with van der Waals surface area (Å²) in [5.41, 5.74) is 1.59. The van der Waals surface area contributed by atoms with E-state index in [4.69, 9.17) is 16.3 Å². The summed E-state index contributed by atoms with van der Waals surface area (Å²) < 4.78 is 18.2. The summed E-state index contributed by atoms with van der Waals surface area (Å²) in [6.45, 7) is 6.58. The molecule has 1 aliphatic rings. The summed E-state index contributed by atoms with van der Waals surface area (Å²) in [5, 5.41) is 7.09. The third-order valence-electron chi connectivity index (χ3n) is 6.25. The SMILES string of the molecule is C=S(C)(=O)c1cc(-c2sc(NC(=O)CCCN[C@@H](CC(C)C)C(=O)OC3CCCC3)nc2C)ccc1Cl. The summed E-state index contributed by atoms with van der Waals surface area (Å²) in [6, 6.07) is 4.98. The fourth-order valence-electron chi connectivity index (χ4n) is 4.39. The van der Waals surface area contributed by atoms with E-state index >= 15 is 0 Å². The number of nitrogens with one attached hydrogen (secondary N) is 2. The molecule has 1 unspecified atom stereocenters. The van der Waals surface area contributed by atoms with Crippen LogP contribution in [-0.4, -0.2) is 51.9 Å². The summed E-state index contributed by atoms with van der Waals surface area (Å²) in [4.78, 5) is 31.1. The minimum Gasteiger partial charge on any atom is -0.461 e. The third kappa shape index (κ3) is 8.80. The molecular formula is C27H38ClN3O4S2. The van der Waals surface area contributed by atoms with E-state index in [2.05, 4.69) is 35.3 Å². The highest BCUT2D eigenvalue weighted by Crippen LogP contribution is 2.35. The molecule has 2 aromatic rings. The van der Waals surface area contributed by atoms with Crippen LogP contribution < -0.4 is 10.6 Å². The Hall–Kier alpha value is -1.94. The molecule has 37 heavy (non-hydrogen) atoms. The highest BCUT2D eigenvalue weighted by atomic mass is 35.5. The second-order valence-electron chi connectivity index (χ2n) is 10.2. The zero-order valence-corrected chi connectivity index (χ0v) is 24.5. The van der Waals surface area contributed by atoms with Gasteiger partial charge in [0, 0.05) is 17.6 Å². The van der Waals surface area contributed by atoms with Crippen LogP contribution in [0.3, 0.4) is 0 Å². The molecule has 1 amide bonds. The number of benzene rings is 1. The normalized spacial score (nSPS) is 16.5. The second kappa shape index (κ2) is 13.2. The molecule has 1 aromatic heterocycles. The maximum atomic E-state index is 12.7. The molecule has 204 valence electrons. The van der Waals surface area contributed by atoms with Gasteiger partial charge < -0.3 is 15.4 Å². The molecule has 1 saturated carbocycles. The van der Waals surface area contributed by atoms with Crippen molar-refractivity contribution in [3.8, 4) is 10.4 Å². The van der Waals surface area contributed by atoms with Gasteiger partial charge in [-0.2, -0.15) is 0 Å². The predicted molar refractivity (Wildman–Crippen MR) is 154 cm³/mol. The average Bonchev–Trinajstić information content (AvgIpc) is 3.44. The van der Waals surface area contributed by atoms with E-state index in [0.29, 0.717) is 46.8 Å². The number of aromatic nitrogens is 1. The number of rotatable bonds is 12. The number of halogens is 1. The van der Waals surface area contributed by atoms with Gasteiger partial charge in [-0.15, -0.1) is 0 Å². The minimum atomic E-state index is -2.48. The molecule has 1 heterocycles. The van der Waals surface area contributed by atoms with Crippen LogP contribution in [0.5, 0.6) is 0 Å². The number of aryl methyl sites for hydroxylation is 1. The Bertz CT molecular complexity index is 1200. The number of amides is 1. The first kappa shape index (κ1) is 29.6. The summed E-state index contributed by atoms with van der Waals surface area (Å²) in [7, 11) is -2.48. The fourth-order valence-corrected chi connectivity index (χ4v) is 6.83. The standard InChI is InChI=1S/C27H38ClN3O4S2/c1-17(2)15-22(26(33)35-20-9-6-7-10-20)29-14-8-11-24(32)31-27-30-18(3)25(36-27)19-12-13-21(28)23(16-19)37(4,5)34/h12-13,16-17,20,22,29H,4,6-11,14-15H2,1-3,5H3,(H,30,31,32)/t22-,37?/m0/s1. The van der Waals surface area contributed by atoms with Crippen molar-refractivity contribution in [3.63, 3.8) is 0 Å². The van der Waals surface area contributed by atoms with Crippen molar-refractivity contribution in [2.75, 3.05) is 18.1 Å². The fraction of sp³-hybridized carbons (Fsp3) is 0.556. The third-order valence-corrected chi connectivity index (χ3v) is 9.08. The lowest BCUT2D eigenvalue weighted by Crippen LogP contribution is -2.41. The maximum absolute atomic E-state index is 12.7. The number of nitrogens with zero attached hydrogens (tertiary/aromatic N) is 1. The van der Waals surface area contributed by atoms with Crippen molar-refractivity contribution in [1.29, 1.82) is 0 Å². The zero-order chi connectivity index (χ0) is 27.2. The van der Waals surface area contributed by atoms with Crippen LogP contribution in [0.25, 0.3) is 10.4 Å². The first-order valence-corrected chi connectivity index (χ1v) is 16.1. The van der Waals surface area contributed by atoms with Crippen molar-refractivity contribution in [2.45, 2.75) is 82.8 Å². The van der Waals surface area contributed by atoms with E-state index in [0.717, 1.165) is 41.8 Å². The molecule has 1 fully saturated rings. The number of anilines is 1. The smallest absolute Gasteiger partial charge is 0.323 e. The number of hydrogen-bond acceptors (Lipinski definition) is 7. The monoisotopic (exact) mass is 567 g/mol. The average molecular weight is 568 g/mol. The van der Waals surface area contributed by atoms with Gasteiger partial charge in [0.15, 0.2) is 5.13 Å². The molecular weight excluding hydrogens is 530 g/mol. The van der Waals surface area contributed by atoms with Crippen molar-refractivity contribution >= 4 is 55.3 Å². The molecule has 0 bridgehead atoms. The summed E-state index contributed by atoms with van der Waals surface area (Å²) in [5.74, 6) is 3.78. The molecule has 10 heteroatoms. The van der Waals surface area contributed by atoms with E-state index in [1.165, 1.54) is 11.3 Å². The number of carbonyl (C=O) groups is 2. The van der Waals surface area contributed by atoms with Gasteiger partial charge in [0.2, 0.25) is 5.91 Å². The lowest BCUT2D eigenvalue weighted by molar-refractivity contribution is -0.151. The molecule has 3 rings (SSSR count). The minimum absolute atomic E-state index is 0.0468. The van der Waals surface area contributed by atoms with Crippen LogP contribution in [0, 0.1) is 12.8 Å².